The second-order valence-electron chi connectivity index (χ2n) is 6.82. The first-order valence-corrected chi connectivity index (χ1v) is 9.40. The molecule has 0 atom stereocenters. The van der Waals surface area contributed by atoms with E-state index in [0.29, 0.717) is 17.6 Å². The highest BCUT2D eigenvalue weighted by molar-refractivity contribution is 6.06. The number of aromatic nitrogens is 2. The smallest absolute Gasteiger partial charge is 0.265 e. The van der Waals surface area contributed by atoms with Gasteiger partial charge in [0.2, 0.25) is 5.95 Å². The number of carbonyl (C=O) groups excluding carboxylic acids is 1. The minimum atomic E-state index is -0.390. The number of nitrogens with zero attached hydrogens (tertiary/aromatic N) is 3. The van der Waals surface area contributed by atoms with Crippen molar-refractivity contribution in [1.29, 1.82) is 5.26 Å². The fourth-order valence-electron chi connectivity index (χ4n) is 2.85. The Morgan fingerprint density at radius 3 is 2.62 bits per heavy atom. The van der Waals surface area contributed by atoms with E-state index < -0.39 is 0 Å². The maximum atomic E-state index is 12.3. The average molecular weight is 381 g/mol. The molecule has 0 spiro atoms. The van der Waals surface area contributed by atoms with Crippen LogP contribution in [0, 0.1) is 17.2 Å². The maximum absolute atomic E-state index is 12.3. The molecule has 0 bridgehead atoms. The first-order valence-electron chi connectivity index (χ1n) is 9.40. The number of nitrogens with one attached hydrogen (secondary N) is 2. The monoisotopic (exact) mass is 381 g/mol. The van der Waals surface area contributed by atoms with Crippen molar-refractivity contribution in [2.24, 2.45) is 5.92 Å². The SMILES string of the molecule is N#CC(=CC1CC1)C(=O)Nc1cccc(Nc2nccc(-c3ccccc3)n2)c1. The molecule has 1 aliphatic rings. The lowest BCUT2D eigenvalue weighted by Gasteiger charge is -2.09. The lowest BCUT2D eigenvalue weighted by atomic mass is 10.1. The van der Waals surface area contributed by atoms with Crippen LogP contribution in [0.1, 0.15) is 12.8 Å². The zero-order chi connectivity index (χ0) is 20.1. The van der Waals surface area contributed by atoms with Gasteiger partial charge in [-0.2, -0.15) is 5.26 Å². The van der Waals surface area contributed by atoms with Crippen molar-refractivity contribution >= 4 is 23.2 Å². The molecule has 2 aromatic carbocycles. The molecule has 2 N–H and O–H groups in total. The Hall–Kier alpha value is -3.98. The molecule has 6 heteroatoms. The number of allylic oxidation sites excluding steroid dienone is 1. The minimum Gasteiger partial charge on any atom is -0.324 e. The highest BCUT2D eigenvalue weighted by Crippen LogP contribution is 2.31. The van der Waals surface area contributed by atoms with Gasteiger partial charge in [0, 0.05) is 23.1 Å². The van der Waals surface area contributed by atoms with Crippen molar-refractivity contribution in [3.63, 3.8) is 0 Å². The zero-order valence-corrected chi connectivity index (χ0v) is 15.7. The van der Waals surface area contributed by atoms with E-state index in [1.807, 2.05) is 54.6 Å². The Balaban J connectivity index is 1.48. The Bertz CT molecular complexity index is 1100. The van der Waals surface area contributed by atoms with Crippen LogP contribution in [0.25, 0.3) is 11.3 Å². The third-order valence-electron chi connectivity index (χ3n) is 4.49. The van der Waals surface area contributed by atoms with Crippen LogP contribution in [0.4, 0.5) is 17.3 Å². The molecular weight excluding hydrogens is 362 g/mol. The summed E-state index contributed by atoms with van der Waals surface area (Å²) in [4.78, 5) is 21.1. The van der Waals surface area contributed by atoms with E-state index in [2.05, 4.69) is 20.6 Å². The van der Waals surface area contributed by atoms with Gasteiger partial charge >= 0.3 is 0 Å². The summed E-state index contributed by atoms with van der Waals surface area (Å²) < 4.78 is 0. The van der Waals surface area contributed by atoms with Gasteiger partial charge in [-0.3, -0.25) is 4.79 Å². The van der Waals surface area contributed by atoms with Crippen LogP contribution in [0.5, 0.6) is 0 Å². The molecule has 0 aliphatic heterocycles. The van der Waals surface area contributed by atoms with Crippen LogP contribution in [-0.4, -0.2) is 15.9 Å². The molecule has 0 radical (unpaired) electrons. The fraction of sp³-hybridized carbons (Fsp3) is 0.130. The van der Waals surface area contributed by atoms with Crippen molar-refractivity contribution in [3.05, 3.63) is 78.5 Å². The second kappa shape index (κ2) is 8.36. The number of benzene rings is 2. The molecule has 6 nitrogen and oxygen atoms in total. The van der Waals surface area contributed by atoms with Crippen LogP contribution in [0.15, 0.2) is 78.5 Å². The first kappa shape index (κ1) is 18.4. The summed E-state index contributed by atoms with van der Waals surface area (Å²) in [7, 11) is 0. The van der Waals surface area contributed by atoms with Crippen LogP contribution in [0.2, 0.25) is 0 Å². The van der Waals surface area contributed by atoms with E-state index >= 15 is 0 Å². The van der Waals surface area contributed by atoms with Gasteiger partial charge in [-0.05, 0) is 43.0 Å². The van der Waals surface area contributed by atoms with Crippen molar-refractivity contribution in [2.45, 2.75) is 12.8 Å². The molecular formula is C23H19N5O. The predicted octanol–water partition coefficient (Wildman–Crippen LogP) is 4.69. The first-order chi connectivity index (χ1) is 14.2. The minimum absolute atomic E-state index is 0.157. The summed E-state index contributed by atoms with van der Waals surface area (Å²) in [6.45, 7) is 0. The maximum Gasteiger partial charge on any atom is 0.265 e. The van der Waals surface area contributed by atoms with Gasteiger partial charge in [-0.15, -0.1) is 0 Å². The number of rotatable bonds is 6. The van der Waals surface area contributed by atoms with Gasteiger partial charge < -0.3 is 10.6 Å². The number of nitriles is 1. The van der Waals surface area contributed by atoms with Gasteiger partial charge in [0.05, 0.1) is 5.69 Å². The van der Waals surface area contributed by atoms with Crippen LogP contribution >= 0.6 is 0 Å². The largest absolute Gasteiger partial charge is 0.324 e. The van der Waals surface area contributed by atoms with Gasteiger partial charge in [-0.25, -0.2) is 9.97 Å². The van der Waals surface area contributed by atoms with E-state index in [1.54, 1.807) is 24.4 Å². The molecule has 1 fully saturated rings. The lowest BCUT2D eigenvalue weighted by Crippen LogP contribution is -2.13. The molecule has 1 aromatic heterocycles. The molecule has 1 amide bonds. The van der Waals surface area contributed by atoms with Crippen molar-refractivity contribution in [1.82, 2.24) is 9.97 Å². The molecule has 4 rings (SSSR count). The average Bonchev–Trinajstić information content (AvgIpc) is 3.57. The number of carbonyl (C=O) groups is 1. The highest BCUT2D eigenvalue weighted by atomic mass is 16.1. The predicted molar refractivity (Wildman–Crippen MR) is 112 cm³/mol. The van der Waals surface area contributed by atoms with E-state index in [4.69, 9.17) is 0 Å². The normalized spacial score (nSPS) is 13.4. The number of hydrogen-bond acceptors (Lipinski definition) is 5. The van der Waals surface area contributed by atoms with Gasteiger partial charge in [0.15, 0.2) is 0 Å². The van der Waals surface area contributed by atoms with Crippen molar-refractivity contribution in [3.8, 4) is 17.3 Å². The molecule has 0 unspecified atom stereocenters. The Morgan fingerprint density at radius 1 is 1.07 bits per heavy atom. The molecule has 1 saturated carbocycles. The molecule has 1 aliphatic carbocycles. The summed E-state index contributed by atoms with van der Waals surface area (Å²) in [5.41, 5.74) is 3.31. The summed E-state index contributed by atoms with van der Waals surface area (Å²) in [5.74, 6) is 0.428. The van der Waals surface area contributed by atoms with E-state index in [-0.39, 0.29) is 11.5 Å². The van der Waals surface area contributed by atoms with Crippen LogP contribution in [-0.2, 0) is 4.79 Å². The topological polar surface area (TPSA) is 90.7 Å². The van der Waals surface area contributed by atoms with Crippen molar-refractivity contribution < 1.29 is 4.79 Å². The third kappa shape index (κ3) is 4.85. The lowest BCUT2D eigenvalue weighted by molar-refractivity contribution is -0.112. The molecule has 0 saturated heterocycles. The summed E-state index contributed by atoms with van der Waals surface area (Å²) >= 11 is 0. The molecule has 142 valence electrons. The second-order valence-corrected chi connectivity index (χ2v) is 6.82. The van der Waals surface area contributed by atoms with E-state index in [1.165, 1.54) is 0 Å². The van der Waals surface area contributed by atoms with Gasteiger partial charge in [0.1, 0.15) is 11.6 Å². The Kier molecular flexibility index (Phi) is 5.30. The van der Waals surface area contributed by atoms with E-state index in [0.717, 1.165) is 29.8 Å². The van der Waals surface area contributed by atoms with Crippen molar-refractivity contribution in [2.75, 3.05) is 10.6 Å². The molecule has 3 aromatic rings. The number of anilines is 3. The fourth-order valence-corrected chi connectivity index (χ4v) is 2.85. The van der Waals surface area contributed by atoms with E-state index in [9.17, 15) is 10.1 Å². The quantitative estimate of drug-likeness (QED) is 0.478. The molecule has 29 heavy (non-hydrogen) atoms. The Morgan fingerprint density at radius 2 is 1.86 bits per heavy atom. The van der Waals surface area contributed by atoms with Crippen LogP contribution < -0.4 is 10.6 Å². The summed E-state index contributed by atoms with van der Waals surface area (Å²) in [6.07, 6.45) is 5.53. The summed E-state index contributed by atoms with van der Waals surface area (Å²) in [6, 6.07) is 20.9. The van der Waals surface area contributed by atoms with Crippen LogP contribution in [0.3, 0.4) is 0 Å². The Labute approximate surface area is 168 Å². The highest BCUT2D eigenvalue weighted by Gasteiger charge is 2.21. The number of hydrogen-bond donors (Lipinski definition) is 2. The third-order valence-corrected chi connectivity index (χ3v) is 4.49. The molecule has 1 heterocycles. The standard InChI is InChI=1S/C23H19N5O/c24-15-18(13-16-9-10-16)22(29)26-19-7-4-8-20(14-19)27-23-25-12-11-21(28-23)17-5-2-1-3-6-17/h1-8,11-14,16H,9-10H2,(H,26,29)(H,25,27,28). The summed E-state index contributed by atoms with van der Waals surface area (Å²) in [5, 5.41) is 15.2. The zero-order valence-electron chi connectivity index (χ0n) is 15.7. The van der Waals surface area contributed by atoms with Gasteiger partial charge in [-0.1, -0.05) is 42.5 Å². The van der Waals surface area contributed by atoms with Gasteiger partial charge in [0.25, 0.3) is 5.91 Å². The number of amides is 1.